The molecule has 0 saturated carbocycles. The summed E-state index contributed by atoms with van der Waals surface area (Å²) in [5.74, 6) is 0.954. The van der Waals surface area contributed by atoms with Crippen molar-refractivity contribution in [1.29, 1.82) is 0 Å². The predicted molar refractivity (Wildman–Crippen MR) is 112 cm³/mol. The summed E-state index contributed by atoms with van der Waals surface area (Å²) in [4.78, 5) is 0. The number of rotatable bonds is 5. The van der Waals surface area contributed by atoms with Crippen molar-refractivity contribution >= 4 is 0 Å². The van der Waals surface area contributed by atoms with Crippen molar-refractivity contribution in [1.82, 2.24) is 12.3 Å². The standard InChI is InChI=1S/C9H12.C8H18.C2H6.2H3N.2H2O.2H2/c1-3-9-6-4-8(2)5-7-9;1-4-6-7-8(3)5-2;1-2;;;;;;/h4-7H,3H2,1-2H3;8H,4-7H2,1-3H3;1-2H3;2*1H3;2*1H2;2*1H. The lowest BCUT2D eigenvalue weighted by molar-refractivity contribution is 0.492. The molecule has 0 aliphatic heterocycles. The molecule has 0 spiro atoms. The second-order valence-corrected chi connectivity index (χ2v) is 4.99. The van der Waals surface area contributed by atoms with Crippen molar-refractivity contribution < 1.29 is 13.8 Å². The van der Waals surface area contributed by atoms with Crippen LogP contribution in [-0.2, 0) is 6.42 Å². The number of hydrogen-bond acceptors (Lipinski definition) is 2. The highest BCUT2D eigenvalue weighted by atomic mass is 16.0. The fraction of sp³-hybridized carbons (Fsp3) is 0.684. The van der Waals surface area contributed by atoms with Crippen LogP contribution >= 0.6 is 0 Å². The minimum absolute atomic E-state index is 0. The van der Waals surface area contributed by atoms with Crippen LogP contribution in [0.5, 0.6) is 0 Å². The van der Waals surface area contributed by atoms with Gasteiger partial charge in [0.25, 0.3) is 0 Å². The Morgan fingerprint density at radius 3 is 1.65 bits per heavy atom. The summed E-state index contributed by atoms with van der Waals surface area (Å²) in [6, 6.07) is 8.66. The Labute approximate surface area is 148 Å². The lowest BCUT2D eigenvalue weighted by Gasteiger charge is -2.04. The van der Waals surface area contributed by atoms with E-state index >= 15 is 0 Å². The molecule has 23 heavy (non-hydrogen) atoms. The molecule has 4 heteroatoms. The molecule has 0 amide bonds. The molecule has 1 atom stereocenters. The Morgan fingerprint density at radius 2 is 1.35 bits per heavy atom. The summed E-state index contributed by atoms with van der Waals surface area (Å²) in [6.07, 6.45) is 6.67. The Kier molecular flexibility index (Phi) is 48.0. The van der Waals surface area contributed by atoms with Gasteiger partial charge in [-0.1, -0.05) is 97.1 Å². The van der Waals surface area contributed by atoms with Gasteiger partial charge < -0.3 is 23.3 Å². The van der Waals surface area contributed by atoms with Crippen molar-refractivity contribution in [2.24, 2.45) is 5.92 Å². The molecule has 0 aromatic heterocycles. The number of aryl methyl sites for hydroxylation is 2. The molecule has 0 bridgehead atoms. The van der Waals surface area contributed by atoms with E-state index in [0.717, 1.165) is 12.3 Å². The second kappa shape index (κ2) is 29.1. The van der Waals surface area contributed by atoms with Crippen LogP contribution in [0.4, 0.5) is 0 Å². The summed E-state index contributed by atoms with van der Waals surface area (Å²) in [6.45, 7) is 15.1. The van der Waals surface area contributed by atoms with Crippen LogP contribution in [0, 0.1) is 12.8 Å². The van der Waals surface area contributed by atoms with Crippen molar-refractivity contribution in [2.45, 2.75) is 80.6 Å². The third kappa shape index (κ3) is 26.3. The molecule has 10 N–H and O–H groups in total. The Bertz CT molecular complexity index is 287. The average molecular weight is 339 g/mol. The van der Waals surface area contributed by atoms with Crippen molar-refractivity contribution in [3.05, 3.63) is 35.4 Å². The molecule has 1 aromatic rings. The van der Waals surface area contributed by atoms with E-state index in [9.17, 15) is 0 Å². The largest absolute Gasteiger partial charge is 0.412 e. The first kappa shape index (κ1) is 37.9. The Hall–Kier alpha value is -0.940. The van der Waals surface area contributed by atoms with E-state index in [-0.39, 0.29) is 26.1 Å². The molecule has 0 heterocycles. The summed E-state index contributed by atoms with van der Waals surface area (Å²) in [5, 5.41) is 0. The van der Waals surface area contributed by atoms with Gasteiger partial charge >= 0.3 is 0 Å². The first-order valence-corrected chi connectivity index (χ1v) is 8.19. The van der Waals surface area contributed by atoms with E-state index < -0.39 is 0 Å². The average Bonchev–Trinajstić information content (AvgIpc) is 2.48. The van der Waals surface area contributed by atoms with Gasteiger partial charge in [0.05, 0.1) is 0 Å². The molecule has 1 rings (SSSR count). The van der Waals surface area contributed by atoms with Crippen LogP contribution in [0.2, 0.25) is 0 Å². The van der Waals surface area contributed by atoms with Crippen molar-refractivity contribution in [3.8, 4) is 0 Å². The minimum atomic E-state index is 0. The maximum Gasteiger partial charge on any atom is 0 e. The topological polar surface area (TPSA) is 133 Å². The van der Waals surface area contributed by atoms with E-state index in [1.165, 1.54) is 36.8 Å². The molecule has 0 radical (unpaired) electrons. The maximum atomic E-state index is 2.33. The maximum absolute atomic E-state index is 2.33. The van der Waals surface area contributed by atoms with Crippen LogP contribution in [0.1, 0.15) is 81.2 Å². The zero-order valence-corrected chi connectivity index (χ0v) is 16.8. The normalized spacial score (nSPS) is 8.83. The van der Waals surface area contributed by atoms with Gasteiger partial charge in [-0.15, -0.1) is 0 Å². The highest BCUT2D eigenvalue weighted by Crippen LogP contribution is 2.09. The van der Waals surface area contributed by atoms with Crippen molar-refractivity contribution in [3.63, 3.8) is 0 Å². The SMILES string of the molecule is CC.CCCCC(C)CC.CCc1ccc(C)cc1.N.N.O.O.[HH].[HH]. The zero-order chi connectivity index (χ0) is 15.1. The van der Waals surface area contributed by atoms with E-state index in [1.807, 2.05) is 13.8 Å². The van der Waals surface area contributed by atoms with Gasteiger partial charge in [-0.05, 0) is 24.8 Å². The molecule has 4 nitrogen and oxygen atoms in total. The molecular weight excluding hydrogens is 288 g/mol. The molecular formula is C19H50N2O2. The quantitative estimate of drug-likeness (QED) is 0.683. The number of benzene rings is 1. The summed E-state index contributed by atoms with van der Waals surface area (Å²) in [5.41, 5.74) is 2.76. The number of hydrogen-bond donors (Lipinski definition) is 2. The Morgan fingerprint density at radius 1 is 0.913 bits per heavy atom. The molecule has 148 valence electrons. The fourth-order valence-electron chi connectivity index (χ4n) is 1.58. The van der Waals surface area contributed by atoms with Gasteiger partial charge in [0, 0.05) is 2.85 Å². The van der Waals surface area contributed by atoms with Crippen LogP contribution in [0.3, 0.4) is 0 Å². The Balaban J connectivity index is -0.0000000288. The third-order valence-corrected chi connectivity index (χ3v) is 3.28. The first-order valence-electron chi connectivity index (χ1n) is 8.19. The van der Waals surface area contributed by atoms with Crippen molar-refractivity contribution in [2.75, 3.05) is 0 Å². The predicted octanol–water partition coefficient (Wildman–Crippen LogP) is 5.97. The van der Waals surface area contributed by atoms with E-state index in [4.69, 9.17) is 0 Å². The first-order chi connectivity index (χ1) is 9.13. The van der Waals surface area contributed by atoms with Gasteiger partial charge in [-0.2, -0.15) is 0 Å². The van der Waals surface area contributed by atoms with Gasteiger partial charge in [-0.3, -0.25) is 0 Å². The van der Waals surface area contributed by atoms with E-state index in [0.29, 0.717) is 0 Å². The molecule has 0 fully saturated rings. The van der Waals surface area contributed by atoms with Crippen LogP contribution in [0.25, 0.3) is 0 Å². The highest BCUT2D eigenvalue weighted by molar-refractivity contribution is 5.20. The summed E-state index contributed by atoms with van der Waals surface area (Å²) in [7, 11) is 0. The number of unbranched alkanes of at least 4 members (excludes halogenated alkanes) is 1. The van der Waals surface area contributed by atoms with Crippen LogP contribution < -0.4 is 12.3 Å². The smallest absolute Gasteiger partial charge is 0 e. The lowest BCUT2D eigenvalue weighted by atomic mass is 10.0. The highest BCUT2D eigenvalue weighted by Gasteiger charge is 1.94. The monoisotopic (exact) mass is 338 g/mol. The van der Waals surface area contributed by atoms with Crippen LogP contribution in [-0.4, -0.2) is 11.0 Å². The molecule has 0 aliphatic rings. The molecule has 0 aliphatic carbocycles. The van der Waals surface area contributed by atoms with Gasteiger partial charge in [0.2, 0.25) is 0 Å². The van der Waals surface area contributed by atoms with E-state index in [2.05, 4.69) is 58.9 Å². The summed E-state index contributed by atoms with van der Waals surface area (Å²) < 4.78 is 0. The minimum Gasteiger partial charge on any atom is -0.412 e. The molecule has 1 unspecified atom stereocenters. The van der Waals surface area contributed by atoms with Gasteiger partial charge in [0.15, 0.2) is 0 Å². The third-order valence-electron chi connectivity index (χ3n) is 3.28. The second-order valence-electron chi connectivity index (χ2n) is 4.99. The fourth-order valence-corrected chi connectivity index (χ4v) is 1.58. The summed E-state index contributed by atoms with van der Waals surface area (Å²) >= 11 is 0. The zero-order valence-electron chi connectivity index (χ0n) is 16.8. The molecule has 0 saturated heterocycles. The lowest BCUT2D eigenvalue weighted by Crippen LogP contribution is -1.89. The van der Waals surface area contributed by atoms with Gasteiger partial charge in [-0.25, -0.2) is 0 Å². The molecule has 1 aromatic carbocycles. The van der Waals surface area contributed by atoms with Crippen LogP contribution in [0.15, 0.2) is 24.3 Å². The van der Waals surface area contributed by atoms with Gasteiger partial charge in [0.1, 0.15) is 0 Å². The van der Waals surface area contributed by atoms with E-state index in [1.54, 1.807) is 0 Å².